The molecule has 0 amide bonds. The molecule has 2 N–H and O–H groups in total. The lowest BCUT2D eigenvalue weighted by atomic mass is 9.97. The first kappa shape index (κ1) is 15.2. The summed E-state index contributed by atoms with van der Waals surface area (Å²) in [5.74, 6) is 1.66. The number of aliphatic hydroxyl groups excluding tert-OH is 1. The first-order valence-corrected chi connectivity index (χ1v) is 8.88. The van der Waals surface area contributed by atoms with Crippen molar-refractivity contribution < 1.29 is 9.84 Å². The lowest BCUT2D eigenvalue weighted by molar-refractivity contribution is 0.202. The summed E-state index contributed by atoms with van der Waals surface area (Å²) in [6.07, 6.45) is 0. The molecule has 1 aromatic heterocycles. The van der Waals surface area contributed by atoms with Gasteiger partial charge in [0.15, 0.2) is 0 Å². The monoisotopic (exact) mass is 338 g/mol. The van der Waals surface area contributed by atoms with Gasteiger partial charge in [-0.25, -0.2) is 0 Å². The lowest BCUT2D eigenvalue weighted by Gasteiger charge is -2.18. The van der Waals surface area contributed by atoms with Gasteiger partial charge in [0.05, 0.1) is 18.7 Å². The lowest BCUT2D eigenvalue weighted by Crippen LogP contribution is -2.21. The number of nitrogens with one attached hydrogen (secondary N) is 1. The Kier molecular flexibility index (Phi) is 4.19. The Morgan fingerprint density at radius 1 is 1.21 bits per heavy atom. The van der Waals surface area contributed by atoms with Crippen LogP contribution in [0.2, 0.25) is 0 Å². The highest BCUT2D eigenvalue weighted by Gasteiger charge is 2.21. The van der Waals surface area contributed by atoms with Crippen molar-refractivity contribution >= 4 is 27.9 Å². The molecule has 24 heavy (non-hydrogen) atoms. The van der Waals surface area contributed by atoms with Crippen LogP contribution in [-0.2, 0) is 0 Å². The minimum Gasteiger partial charge on any atom is -0.490 e. The van der Waals surface area contributed by atoms with Crippen LogP contribution in [0.1, 0.15) is 5.56 Å². The molecule has 0 unspecified atom stereocenters. The van der Waals surface area contributed by atoms with Gasteiger partial charge in [0.25, 0.3) is 0 Å². The molecule has 2 aromatic carbocycles. The predicted octanol–water partition coefficient (Wildman–Crippen LogP) is 3.29. The van der Waals surface area contributed by atoms with Crippen molar-refractivity contribution in [2.75, 3.05) is 26.3 Å². The SMILES string of the molecule is OCCOc1c(C2=NCCN2)cc2ccccc2c1-c1cccs1. The summed E-state index contributed by atoms with van der Waals surface area (Å²) in [6, 6.07) is 14.6. The van der Waals surface area contributed by atoms with Gasteiger partial charge in [-0.1, -0.05) is 30.3 Å². The van der Waals surface area contributed by atoms with Gasteiger partial charge in [0.2, 0.25) is 0 Å². The molecule has 0 saturated heterocycles. The minimum absolute atomic E-state index is 0.0178. The Bertz CT molecular complexity index is 888. The van der Waals surface area contributed by atoms with Crippen LogP contribution in [0.25, 0.3) is 21.2 Å². The van der Waals surface area contributed by atoms with E-state index in [0.29, 0.717) is 0 Å². The van der Waals surface area contributed by atoms with Crippen molar-refractivity contribution in [1.29, 1.82) is 0 Å². The second kappa shape index (κ2) is 6.63. The number of ether oxygens (including phenoxy) is 1. The third-order valence-corrected chi connectivity index (χ3v) is 4.92. The fourth-order valence-corrected chi connectivity index (χ4v) is 3.83. The number of hydrogen-bond donors (Lipinski definition) is 2. The van der Waals surface area contributed by atoms with Crippen LogP contribution < -0.4 is 10.1 Å². The number of benzene rings is 2. The Morgan fingerprint density at radius 2 is 2.12 bits per heavy atom. The Hall–Kier alpha value is -2.37. The number of fused-ring (bicyclic) bond motifs is 1. The first-order valence-electron chi connectivity index (χ1n) is 8.00. The molecule has 3 aromatic rings. The molecule has 0 atom stereocenters. The van der Waals surface area contributed by atoms with Gasteiger partial charge in [-0.2, -0.15) is 0 Å². The highest BCUT2D eigenvalue weighted by molar-refractivity contribution is 7.13. The topological polar surface area (TPSA) is 53.9 Å². The molecule has 1 aliphatic rings. The summed E-state index contributed by atoms with van der Waals surface area (Å²) in [7, 11) is 0. The number of aliphatic hydroxyl groups is 1. The zero-order valence-corrected chi connectivity index (χ0v) is 14.0. The Balaban J connectivity index is 2.03. The number of hydrogen-bond acceptors (Lipinski definition) is 5. The molecule has 0 aliphatic carbocycles. The fraction of sp³-hybridized carbons (Fsp3) is 0.211. The highest BCUT2D eigenvalue weighted by atomic mass is 32.1. The number of nitrogens with zero attached hydrogens (tertiary/aromatic N) is 1. The van der Waals surface area contributed by atoms with E-state index in [0.717, 1.165) is 51.5 Å². The van der Waals surface area contributed by atoms with E-state index in [9.17, 15) is 5.11 Å². The van der Waals surface area contributed by atoms with E-state index in [1.54, 1.807) is 11.3 Å². The quantitative estimate of drug-likeness (QED) is 0.750. The van der Waals surface area contributed by atoms with Gasteiger partial charge in [-0.3, -0.25) is 4.99 Å². The van der Waals surface area contributed by atoms with Gasteiger partial charge in [-0.15, -0.1) is 11.3 Å². The molecule has 4 rings (SSSR count). The average Bonchev–Trinajstić information content (AvgIpc) is 3.32. The number of amidine groups is 1. The van der Waals surface area contributed by atoms with Crippen LogP contribution >= 0.6 is 11.3 Å². The minimum atomic E-state index is -0.0178. The summed E-state index contributed by atoms with van der Waals surface area (Å²) in [5, 5.41) is 17.0. The van der Waals surface area contributed by atoms with Crippen LogP contribution in [0.4, 0.5) is 0 Å². The Labute approximate surface area is 144 Å². The smallest absolute Gasteiger partial charge is 0.139 e. The van der Waals surface area contributed by atoms with Crippen molar-refractivity contribution in [3.05, 3.63) is 53.4 Å². The van der Waals surface area contributed by atoms with E-state index < -0.39 is 0 Å². The van der Waals surface area contributed by atoms with E-state index >= 15 is 0 Å². The zero-order chi connectivity index (χ0) is 16.4. The van der Waals surface area contributed by atoms with Crippen LogP contribution in [0.3, 0.4) is 0 Å². The maximum absolute atomic E-state index is 9.25. The van der Waals surface area contributed by atoms with Crippen molar-refractivity contribution in [3.8, 4) is 16.2 Å². The van der Waals surface area contributed by atoms with E-state index in [4.69, 9.17) is 4.74 Å². The molecule has 0 spiro atoms. The molecule has 0 bridgehead atoms. The van der Waals surface area contributed by atoms with E-state index in [1.807, 2.05) is 18.2 Å². The second-order valence-electron chi connectivity index (χ2n) is 5.56. The molecule has 0 saturated carbocycles. The highest BCUT2D eigenvalue weighted by Crippen LogP contribution is 2.42. The van der Waals surface area contributed by atoms with E-state index in [1.165, 1.54) is 0 Å². The molecule has 0 fully saturated rings. The zero-order valence-electron chi connectivity index (χ0n) is 13.2. The van der Waals surface area contributed by atoms with Gasteiger partial charge < -0.3 is 15.2 Å². The normalized spacial score (nSPS) is 13.8. The second-order valence-corrected chi connectivity index (χ2v) is 6.50. The molecular weight excluding hydrogens is 320 g/mol. The Morgan fingerprint density at radius 3 is 2.88 bits per heavy atom. The van der Waals surface area contributed by atoms with Crippen molar-refractivity contribution in [2.24, 2.45) is 4.99 Å². The molecule has 0 radical (unpaired) electrons. The molecule has 2 heterocycles. The standard InChI is InChI=1S/C19H18N2O2S/c22-9-10-23-18-15(19-20-7-8-21-19)12-13-4-1-2-5-14(13)17(18)16-6-3-11-24-16/h1-6,11-12,22H,7-10H2,(H,20,21). The van der Waals surface area contributed by atoms with Gasteiger partial charge in [-0.05, 0) is 28.3 Å². The fourth-order valence-electron chi connectivity index (χ4n) is 3.05. The number of rotatable bonds is 5. The first-order chi connectivity index (χ1) is 11.9. The molecular formula is C19H18N2O2S. The maximum Gasteiger partial charge on any atom is 0.139 e. The summed E-state index contributed by atoms with van der Waals surface area (Å²) < 4.78 is 6.00. The summed E-state index contributed by atoms with van der Waals surface area (Å²) >= 11 is 1.69. The summed E-state index contributed by atoms with van der Waals surface area (Å²) in [6.45, 7) is 1.86. The largest absolute Gasteiger partial charge is 0.490 e. The molecule has 5 heteroatoms. The summed E-state index contributed by atoms with van der Waals surface area (Å²) in [4.78, 5) is 5.72. The van der Waals surface area contributed by atoms with Gasteiger partial charge in [0, 0.05) is 17.0 Å². The average molecular weight is 338 g/mol. The molecule has 1 aliphatic heterocycles. The van der Waals surface area contributed by atoms with E-state index in [2.05, 4.69) is 40.0 Å². The van der Waals surface area contributed by atoms with Crippen molar-refractivity contribution in [1.82, 2.24) is 5.32 Å². The molecule has 122 valence electrons. The maximum atomic E-state index is 9.25. The van der Waals surface area contributed by atoms with Crippen molar-refractivity contribution in [2.45, 2.75) is 0 Å². The van der Waals surface area contributed by atoms with Crippen LogP contribution in [0.5, 0.6) is 5.75 Å². The third kappa shape index (κ3) is 2.66. The van der Waals surface area contributed by atoms with Crippen LogP contribution in [0.15, 0.2) is 52.8 Å². The molecule has 4 nitrogen and oxygen atoms in total. The van der Waals surface area contributed by atoms with Gasteiger partial charge >= 0.3 is 0 Å². The van der Waals surface area contributed by atoms with Crippen molar-refractivity contribution in [3.63, 3.8) is 0 Å². The van der Waals surface area contributed by atoms with Crippen LogP contribution in [-0.4, -0.2) is 37.2 Å². The summed E-state index contributed by atoms with van der Waals surface area (Å²) in [5.41, 5.74) is 2.03. The predicted molar refractivity (Wildman–Crippen MR) is 99.2 cm³/mol. The van der Waals surface area contributed by atoms with Gasteiger partial charge in [0.1, 0.15) is 18.2 Å². The number of thiophene rings is 1. The third-order valence-electron chi connectivity index (χ3n) is 4.04. The number of aliphatic imine (C=N–C) groups is 1. The van der Waals surface area contributed by atoms with Crippen LogP contribution in [0, 0.1) is 0 Å². The van der Waals surface area contributed by atoms with E-state index in [-0.39, 0.29) is 13.2 Å².